The molecule has 0 spiro atoms. The number of carbonyl (C=O) groups excluding carboxylic acids is 1. The quantitative estimate of drug-likeness (QED) is 0.871. The highest BCUT2D eigenvalue weighted by Crippen LogP contribution is 2.25. The van der Waals surface area contributed by atoms with Crippen molar-refractivity contribution in [2.75, 3.05) is 5.32 Å². The number of amides is 1. The van der Waals surface area contributed by atoms with Crippen LogP contribution in [0.1, 0.15) is 13.8 Å². The molecule has 1 aromatic carbocycles. The number of para-hydroxylation sites is 1. The fraction of sp³-hybridized carbons (Fsp3) is 0.300. The normalized spacial score (nSPS) is 10.7. The number of anilines is 1. The van der Waals surface area contributed by atoms with Crippen molar-refractivity contribution in [2.24, 2.45) is 5.92 Å². The summed E-state index contributed by atoms with van der Waals surface area (Å²) in [7, 11) is 0. The van der Waals surface area contributed by atoms with E-state index >= 15 is 0 Å². The van der Waals surface area contributed by atoms with Gasteiger partial charge in [-0.1, -0.05) is 26.0 Å². The number of hydrogen-bond acceptors (Lipinski definition) is 3. The highest BCUT2D eigenvalue weighted by atomic mass is 127. The molecule has 0 fully saturated rings. The highest BCUT2D eigenvalue weighted by molar-refractivity contribution is 14.2. The second-order valence-electron chi connectivity index (χ2n) is 3.34. The van der Waals surface area contributed by atoms with E-state index in [1.54, 1.807) is 32.0 Å². The largest absolute Gasteiger partial charge is 0.342 e. The van der Waals surface area contributed by atoms with Crippen LogP contribution in [0.4, 0.5) is 5.69 Å². The Balaban J connectivity index is 2.99. The molecule has 0 unspecified atom stereocenters. The topological polar surface area (TPSA) is 63.2 Å². The summed E-state index contributed by atoms with van der Waals surface area (Å²) in [6, 6.07) is 6.43. The molecule has 0 atom stereocenters. The minimum Gasteiger partial charge on any atom is -0.325 e. The zero-order valence-electron chi connectivity index (χ0n) is 8.49. The van der Waals surface area contributed by atoms with Gasteiger partial charge < -0.3 is 5.32 Å². The average molecular weight is 321 g/mol. The summed E-state index contributed by atoms with van der Waals surface area (Å²) in [6.45, 7) is 3.51. The van der Waals surface area contributed by atoms with Gasteiger partial charge in [-0.3, -0.25) is 4.79 Å². The standard InChI is InChI=1S/C10H12INO3/c1-7(2)10(13)12-9-6-4-3-5-8(9)11(14)15/h3-7H,1-2H3,(H,12,13). The summed E-state index contributed by atoms with van der Waals surface area (Å²) in [4.78, 5) is 11.4. The van der Waals surface area contributed by atoms with E-state index < -0.39 is 19.8 Å². The molecule has 0 aromatic heterocycles. The van der Waals surface area contributed by atoms with Crippen molar-refractivity contribution in [1.82, 2.24) is 0 Å². The molecule has 1 aromatic rings. The summed E-state index contributed by atoms with van der Waals surface area (Å²) in [5, 5.41) is 2.59. The average Bonchev–Trinajstić information content (AvgIpc) is 2.18. The van der Waals surface area contributed by atoms with Gasteiger partial charge in [0.15, 0.2) is 0 Å². The maximum absolute atomic E-state index is 11.4. The second kappa shape index (κ2) is 5.20. The molecule has 82 valence electrons. The number of nitrogens with one attached hydrogen (secondary N) is 1. The molecular weight excluding hydrogens is 309 g/mol. The zero-order valence-corrected chi connectivity index (χ0v) is 10.6. The molecule has 0 bridgehead atoms. The lowest BCUT2D eigenvalue weighted by molar-refractivity contribution is -0.118. The van der Waals surface area contributed by atoms with Crippen molar-refractivity contribution >= 4 is 31.4 Å². The van der Waals surface area contributed by atoms with E-state index in [1.165, 1.54) is 6.07 Å². The lowest BCUT2D eigenvalue weighted by Crippen LogP contribution is -2.18. The Morgan fingerprint density at radius 2 is 1.87 bits per heavy atom. The number of halogens is 1. The molecule has 0 heterocycles. The van der Waals surface area contributed by atoms with Crippen molar-refractivity contribution < 1.29 is 10.9 Å². The predicted molar refractivity (Wildman–Crippen MR) is 64.0 cm³/mol. The van der Waals surface area contributed by atoms with Gasteiger partial charge in [-0.15, -0.1) is 0 Å². The molecule has 0 radical (unpaired) electrons. The van der Waals surface area contributed by atoms with E-state index in [4.69, 9.17) is 0 Å². The first kappa shape index (κ1) is 12.1. The third kappa shape index (κ3) is 3.26. The molecule has 1 rings (SSSR count). The maximum Gasteiger partial charge on any atom is 0.342 e. The first-order valence-electron chi connectivity index (χ1n) is 4.47. The Morgan fingerprint density at radius 1 is 1.27 bits per heavy atom. The lowest BCUT2D eigenvalue weighted by atomic mass is 10.2. The van der Waals surface area contributed by atoms with Gasteiger partial charge in [-0.05, 0) is 12.1 Å². The van der Waals surface area contributed by atoms with Crippen LogP contribution in [0.15, 0.2) is 24.3 Å². The molecule has 1 amide bonds. The van der Waals surface area contributed by atoms with E-state index in [0.717, 1.165) is 0 Å². The minimum atomic E-state index is -3.54. The van der Waals surface area contributed by atoms with Gasteiger partial charge in [-0.2, -0.15) is 0 Å². The summed E-state index contributed by atoms with van der Waals surface area (Å²) in [6.07, 6.45) is 0. The summed E-state index contributed by atoms with van der Waals surface area (Å²) < 4.78 is 22.1. The van der Waals surface area contributed by atoms with Gasteiger partial charge in [0.25, 0.3) is 0 Å². The number of rotatable bonds is 3. The van der Waals surface area contributed by atoms with Crippen molar-refractivity contribution in [2.45, 2.75) is 13.8 Å². The van der Waals surface area contributed by atoms with E-state index in [2.05, 4.69) is 5.32 Å². The van der Waals surface area contributed by atoms with E-state index in [9.17, 15) is 10.9 Å². The molecule has 4 nitrogen and oxygen atoms in total. The predicted octanol–water partition coefficient (Wildman–Crippen LogP) is 2.65. The Labute approximate surface area is 95.2 Å². The van der Waals surface area contributed by atoms with Crippen LogP contribution < -0.4 is 5.32 Å². The van der Waals surface area contributed by atoms with Gasteiger partial charge in [-0.25, -0.2) is 6.14 Å². The fourth-order valence-electron chi connectivity index (χ4n) is 0.974. The number of carbonyl (C=O) groups is 1. The van der Waals surface area contributed by atoms with Crippen LogP contribution in [0, 0.1) is 9.49 Å². The van der Waals surface area contributed by atoms with Crippen LogP contribution in [0.2, 0.25) is 0 Å². The third-order valence-corrected chi connectivity index (χ3v) is 3.71. The Bertz CT molecular complexity index is 430. The van der Waals surface area contributed by atoms with Crippen molar-refractivity contribution in [3.8, 4) is 0 Å². The van der Waals surface area contributed by atoms with Crippen molar-refractivity contribution in [3.05, 3.63) is 27.8 Å². The molecule has 15 heavy (non-hydrogen) atoms. The van der Waals surface area contributed by atoms with Crippen LogP contribution >= 0.6 is 19.8 Å². The molecule has 1 N–H and O–H groups in total. The van der Waals surface area contributed by atoms with Gasteiger partial charge in [0.1, 0.15) is 0 Å². The molecule has 5 heteroatoms. The molecular formula is C10H12INO3. The first-order valence-corrected chi connectivity index (χ1v) is 7.31. The van der Waals surface area contributed by atoms with Crippen LogP contribution in [0.3, 0.4) is 0 Å². The van der Waals surface area contributed by atoms with E-state index in [0.29, 0.717) is 5.69 Å². The van der Waals surface area contributed by atoms with Crippen molar-refractivity contribution in [3.63, 3.8) is 0 Å². The lowest BCUT2D eigenvalue weighted by Gasteiger charge is -2.08. The van der Waals surface area contributed by atoms with Crippen LogP contribution in [0.5, 0.6) is 0 Å². The van der Waals surface area contributed by atoms with E-state index in [1.807, 2.05) is 0 Å². The van der Waals surface area contributed by atoms with Gasteiger partial charge in [0.05, 0.1) is 9.26 Å². The Morgan fingerprint density at radius 3 is 2.40 bits per heavy atom. The molecule has 0 aliphatic carbocycles. The molecule has 0 saturated carbocycles. The van der Waals surface area contributed by atoms with Gasteiger partial charge >= 0.3 is 19.8 Å². The summed E-state index contributed by atoms with van der Waals surface area (Å²) >= 11 is -3.54. The molecule has 0 aliphatic rings. The van der Waals surface area contributed by atoms with Gasteiger partial charge in [0.2, 0.25) is 5.91 Å². The minimum absolute atomic E-state index is 0.168. The molecule has 0 saturated heterocycles. The Hall–Kier alpha value is -0.980. The maximum atomic E-state index is 11.4. The monoisotopic (exact) mass is 321 g/mol. The number of hydrogen-bond donors (Lipinski definition) is 1. The summed E-state index contributed by atoms with van der Waals surface area (Å²) in [5.41, 5.74) is 0.381. The first-order chi connectivity index (χ1) is 7.02. The zero-order chi connectivity index (χ0) is 11.4. The fourth-order valence-corrected chi connectivity index (χ4v) is 2.26. The SMILES string of the molecule is CC(C)C(=O)Nc1ccccc1I(=O)=O. The van der Waals surface area contributed by atoms with Gasteiger partial charge in [0, 0.05) is 5.92 Å². The molecule has 0 aliphatic heterocycles. The highest BCUT2D eigenvalue weighted by Gasteiger charge is 2.11. The smallest absolute Gasteiger partial charge is 0.325 e. The Kier molecular flexibility index (Phi) is 4.19. The summed E-state index contributed by atoms with van der Waals surface area (Å²) in [5.74, 6) is -0.348. The third-order valence-electron chi connectivity index (χ3n) is 1.82. The van der Waals surface area contributed by atoms with Crippen LogP contribution in [-0.2, 0) is 10.9 Å². The second-order valence-corrected chi connectivity index (χ2v) is 5.74. The number of benzene rings is 1. The van der Waals surface area contributed by atoms with Crippen molar-refractivity contribution in [1.29, 1.82) is 0 Å². The van der Waals surface area contributed by atoms with Crippen LogP contribution in [0.25, 0.3) is 0 Å². The van der Waals surface area contributed by atoms with Crippen LogP contribution in [-0.4, -0.2) is 5.91 Å². The van der Waals surface area contributed by atoms with E-state index in [-0.39, 0.29) is 15.4 Å².